The second-order valence-electron chi connectivity index (χ2n) is 11.2. The van der Waals surface area contributed by atoms with Gasteiger partial charge in [0.1, 0.15) is 6.10 Å². The SMILES string of the molecule is C=CC(=O)N1CC[C@H](OC(=O)N[C@@H](Cc2ccccc2)B2O[C@H]3[C@H]4C[C@@H](C[C@@]3(C)O2)C4(C)C)C1. The van der Waals surface area contributed by atoms with Gasteiger partial charge in [-0.1, -0.05) is 50.8 Å². The molecule has 1 aromatic carbocycles. The minimum absolute atomic E-state index is 0.0295. The first-order valence-corrected chi connectivity index (χ1v) is 12.5. The van der Waals surface area contributed by atoms with Gasteiger partial charge >= 0.3 is 13.2 Å². The Kier molecular flexibility index (Phi) is 6.01. The summed E-state index contributed by atoms with van der Waals surface area (Å²) in [5.41, 5.74) is 1.03. The fourth-order valence-electron chi connectivity index (χ4n) is 6.49. The van der Waals surface area contributed by atoms with Crippen molar-refractivity contribution < 1.29 is 23.6 Å². The maximum absolute atomic E-state index is 12.9. The normalized spacial score (nSPS) is 34.1. The van der Waals surface area contributed by atoms with Gasteiger partial charge in [0, 0.05) is 13.0 Å². The number of benzene rings is 1. The number of nitrogens with one attached hydrogen (secondary N) is 1. The van der Waals surface area contributed by atoms with Gasteiger partial charge in [0.25, 0.3) is 0 Å². The summed E-state index contributed by atoms with van der Waals surface area (Å²) in [6.07, 6.45) is 3.84. The van der Waals surface area contributed by atoms with E-state index < -0.39 is 13.2 Å². The zero-order valence-corrected chi connectivity index (χ0v) is 20.4. The van der Waals surface area contributed by atoms with E-state index in [1.807, 2.05) is 30.3 Å². The molecule has 6 rings (SSSR count). The third kappa shape index (κ3) is 4.15. The van der Waals surface area contributed by atoms with Gasteiger partial charge in [0.2, 0.25) is 5.91 Å². The third-order valence-corrected chi connectivity index (χ3v) is 8.67. The van der Waals surface area contributed by atoms with Crippen LogP contribution in [-0.4, -0.2) is 60.9 Å². The summed E-state index contributed by atoms with van der Waals surface area (Å²) in [5, 5.41) is 3.03. The average Bonchev–Trinajstić information content (AvgIpc) is 3.42. The van der Waals surface area contributed by atoms with Gasteiger partial charge in [-0.3, -0.25) is 4.79 Å². The van der Waals surface area contributed by atoms with Crippen LogP contribution < -0.4 is 5.32 Å². The summed E-state index contributed by atoms with van der Waals surface area (Å²) in [6.45, 7) is 11.3. The zero-order valence-electron chi connectivity index (χ0n) is 20.4. The predicted molar refractivity (Wildman–Crippen MR) is 129 cm³/mol. The fourth-order valence-corrected chi connectivity index (χ4v) is 6.49. The second kappa shape index (κ2) is 8.72. The van der Waals surface area contributed by atoms with Crippen molar-refractivity contribution in [2.24, 2.45) is 17.3 Å². The molecule has 3 aliphatic carbocycles. The summed E-state index contributed by atoms with van der Waals surface area (Å²) >= 11 is 0. The van der Waals surface area contributed by atoms with Gasteiger partial charge in [-0.05, 0) is 55.1 Å². The van der Waals surface area contributed by atoms with Gasteiger partial charge in [-0.2, -0.15) is 0 Å². The van der Waals surface area contributed by atoms with Crippen molar-refractivity contribution in [2.75, 3.05) is 13.1 Å². The predicted octanol–water partition coefficient (Wildman–Crippen LogP) is 3.38. The topological polar surface area (TPSA) is 77.1 Å². The Labute approximate surface area is 202 Å². The number of rotatable bonds is 6. The molecule has 6 atom stereocenters. The maximum atomic E-state index is 12.9. The van der Waals surface area contributed by atoms with Crippen LogP contribution in [0.2, 0.25) is 0 Å². The molecule has 34 heavy (non-hydrogen) atoms. The number of likely N-dealkylation sites (tertiary alicyclic amines) is 1. The Balaban J connectivity index is 1.27. The molecular weight excluding hydrogens is 431 g/mol. The lowest BCUT2D eigenvalue weighted by Gasteiger charge is -2.63. The monoisotopic (exact) mass is 466 g/mol. The Bertz CT molecular complexity index is 956. The van der Waals surface area contributed by atoms with E-state index >= 15 is 0 Å². The molecular formula is C26H35BN2O5. The maximum Gasteiger partial charge on any atom is 0.482 e. The van der Waals surface area contributed by atoms with Crippen LogP contribution in [0.15, 0.2) is 43.0 Å². The first kappa shape index (κ1) is 23.4. The van der Waals surface area contributed by atoms with Gasteiger partial charge in [-0.15, -0.1) is 0 Å². The molecule has 2 aliphatic heterocycles. The molecule has 1 N–H and O–H groups in total. The van der Waals surface area contributed by atoms with Gasteiger partial charge in [0.05, 0.1) is 24.2 Å². The number of ether oxygens (including phenoxy) is 1. The van der Waals surface area contributed by atoms with Crippen LogP contribution in [0, 0.1) is 17.3 Å². The van der Waals surface area contributed by atoms with Gasteiger partial charge in [0.15, 0.2) is 0 Å². The molecule has 2 saturated heterocycles. The molecule has 2 bridgehead atoms. The van der Waals surface area contributed by atoms with E-state index in [-0.39, 0.29) is 35.1 Å². The third-order valence-electron chi connectivity index (χ3n) is 8.67. The minimum Gasteiger partial charge on any atom is -0.444 e. The van der Waals surface area contributed by atoms with Gasteiger partial charge in [-0.25, -0.2) is 4.79 Å². The van der Waals surface area contributed by atoms with E-state index in [9.17, 15) is 9.59 Å². The van der Waals surface area contributed by atoms with E-state index in [1.54, 1.807) is 4.90 Å². The first-order valence-electron chi connectivity index (χ1n) is 12.5. The Morgan fingerprint density at radius 3 is 2.79 bits per heavy atom. The summed E-state index contributed by atoms with van der Waals surface area (Å²) in [5.74, 6) is 0.593. The standard InChI is InChI=1S/C26H35BN2O5/c1-5-22(30)29-12-11-19(16-29)32-24(31)28-21(13-17-9-7-6-8-10-17)27-33-23-20-14-18(25(20,2)3)15-26(23,4)34-27/h5-10,18-21,23H,1,11-16H2,2-4H3,(H,28,31)/t18-,19-,20+,21-,23-,26+/m0/s1. The molecule has 1 aromatic rings. The molecule has 3 saturated carbocycles. The average molecular weight is 466 g/mol. The van der Waals surface area contributed by atoms with Crippen LogP contribution in [0.5, 0.6) is 0 Å². The zero-order chi connectivity index (χ0) is 24.1. The highest BCUT2D eigenvalue weighted by molar-refractivity contribution is 6.47. The smallest absolute Gasteiger partial charge is 0.444 e. The number of hydrogen-bond donors (Lipinski definition) is 1. The fraction of sp³-hybridized carbons (Fsp3) is 0.615. The molecule has 7 nitrogen and oxygen atoms in total. The van der Waals surface area contributed by atoms with Crippen LogP contribution in [0.25, 0.3) is 0 Å². The van der Waals surface area contributed by atoms with Gasteiger partial charge < -0.3 is 24.3 Å². The first-order chi connectivity index (χ1) is 16.2. The van der Waals surface area contributed by atoms with Crippen molar-refractivity contribution >= 4 is 19.1 Å². The van der Waals surface area contributed by atoms with Crippen LogP contribution >= 0.6 is 0 Å². The quantitative estimate of drug-likeness (QED) is 0.514. The van der Waals surface area contributed by atoms with Crippen LogP contribution in [0.1, 0.15) is 45.6 Å². The Morgan fingerprint density at radius 1 is 1.32 bits per heavy atom. The number of carbonyl (C=O) groups is 2. The van der Waals surface area contributed by atoms with Crippen LogP contribution in [0.4, 0.5) is 4.79 Å². The second-order valence-corrected chi connectivity index (χ2v) is 11.2. The van der Waals surface area contributed by atoms with Crippen molar-refractivity contribution in [2.45, 2.75) is 70.2 Å². The van der Waals surface area contributed by atoms with Crippen molar-refractivity contribution in [3.8, 4) is 0 Å². The molecule has 2 amide bonds. The summed E-state index contributed by atoms with van der Waals surface area (Å²) in [4.78, 5) is 26.4. The van der Waals surface area contributed by atoms with E-state index in [0.29, 0.717) is 37.8 Å². The molecule has 2 heterocycles. The molecule has 8 heteroatoms. The summed E-state index contributed by atoms with van der Waals surface area (Å²) in [7, 11) is -0.541. The number of hydrogen-bond acceptors (Lipinski definition) is 5. The molecule has 0 unspecified atom stereocenters. The molecule has 182 valence electrons. The van der Waals surface area contributed by atoms with Crippen molar-refractivity contribution in [1.82, 2.24) is 10.2 Å². The number of amides is 2. The summed E-state index contributed by atoms with van der Waals surface area (Å²) < 4.78 is 18.8. The Hall–Kier alpha value is -2.32. The number of nitrogens with zero attached hydrogens (tertiary/aromatic N) is 1. The number of alkyl carbamates (subject to hydrolysis) is 1. The van der Waals surface area contributed by atoms with Crippen molar-refractivity contribution in [1.29, 1.82) is 0 Å². The minimum atomic E-state index is -0.541. The molecule has 5 aliphatic rings. The number of carbonyl (C=O) groups excluding carboxylic acids is 2. The lowest BCUT2D eigenvalue weighted by molar-refractivity contribution is -0.185. The van der Waals surface area contributed by atoms with Crippen molar-refractivity contribution in [3.05, 3.63) is 48.6 Å². The van der Waals surface area contributed by atoms with E-state index in [0.717, 1.165) is 12.0 Å². The highest BCUT2D eigenvalue weighted by Gasteiger charge is 2.67. The molecule has 0 spiro atoms. The molecule has 5 fully saturated rings. The highest BCUT2D eigenvalue weighted by Crippen LogP contribution is 2.64. The molecule has 0 aromatic heterocycles. The molecule has 0 radical (unpaired) electrons. The van der Waals surface area contributed by atoms with Crippen molar-refractivity contribution in [3.63, 3.8) is 0 Å². The lowest BCUT2D eigenvalue weighted by atomic mass is 9.45. The Morgan fingerprint density at radius 2 is 2.09 bits per heavy atom. The van der Waals surface area contributed by atoms with E-state index in [2.05, 4.69) is 32.7 Å². The van der Waals surface area contributed by atoms with Crippen LogP contribution in [0.3, 0.4) is 0 Å². The van der Waals surface area contributed by atoms with E-state index in [1.165, 1.54) is 12.5 Å². The van der Waals surface area contributed by atoms with Crippen LogP contribution in [-0.2, 0) is 25.3 Å². The van der Waals surface area contributed by atoms with E-state index in [4.69, 9.17) is 14.0 Å². The lowest BCUT2D eigenvalue weighted by Crippen LogP contribution is -2.63. The largest absolute Gasteiger partial charge is 0.482 e. The summed E-state index contributed by atoms with van der Waals surface area (Å²) in [6, 6.07) is 10.0. The highest BCUT2D eigenvalue weighted by atomic mass is 16.7.